The van der Waals surface area contributed by atoms with Crippen LogP contribution in [0.4, 0.5) is 0 Å². The Balaban J connectivity index is 1.74. The molecule has 1 heterocycles. The second-order valence-corrected chi connectivity index (χ2v) is 8.04. The Morgan fingerprint density at radius 1 is 0.944 bits per heavy atom. The van der Waals surface area contributed by atoms with E-state index in [4.69, 9.17) is 0 Å². The van der Waals surface area contributed by atoms with Crippen LogP contribution in [0.5, 0.6) is 0 Å². The third kappa shape index (κ3) is 3.93. The molecule has 0 aromatic rings. The molecule has 2 fully saturated rings. The maximum atomic E-state index is 11.4. The van der Waals surface area contributed by atoms with Gasteiger partial charge in [-0.1, -0.05) is 6.92 Å². The van der Waals surface area contributed by atoms with E-state index in [1.165, 1.54) is 31.9 Å². The lowest BCUT2D eigenvalue weighted by atomic mass is 9.86. The van der Waals surface area contributed by atoms with Gasteiger partial charge in [-0.05, 0) is 44.4 Å². The Kier molecular flexibility index (Phi) is 4.67. The molecular formula is C13H26N2O2S. The van der Waals surface area contributed by atoms with E-state index in [2.05, 4.69) is 12.2 Å². The van der Waals surface area contributed by atoms with Gasteiger partial charge in [-0.3, -0.25) is 0 Å². The van der Waals surface area contributed by atoms with Crippen molar-refractivity contribution >= 4 is 10.0 Å². The Hall–Kier alpha value is -0.130. The van der Waals surface area contributed by atoms with Gasteiger partial charge in [0.25, 0.3) is 0 Å². The maximum absolute atomic E-state index is 11.4. The molecule has 1 saturated carbocycles. The number of nitrogens with one attached hydrogen (secondary N) is 1. The van der Waals surface area contributed by atoms with E-state index in [0.29, 0.717) is 25.2 Å². The van der Waals surface area contributed by atoms with Crippen LogP contribution in [0.1, 0.15) is 45.4 Å². The summed E-state index contributed by atoms with van der Waals surface area (Å²) < 4.78 is 24.5. The van der Waals surface area contributed by atoms with E-state index in [0.717, 1.165) is 18.8 Å². The number of rotatable bonds is 3. The first-order valence-electron chi connectivity index (χ1n) is 7.16. The zero-order valence-electron chi connectivity index (χ0n) is 11.6. The zero-order chi connectivity index (χ0) is 13.2. The van der Waals surface area contributed by atoms with Gasteiger partial charge in [0.05, 0.1) is 6.26 Å². The number of hydrogen-bond donors (Lipinski definition) is 1. The average molecular weight is 274 g/mol. The summed E-state index contributed by atoms with van der Waals surface area (Å²) in [5, 5.41) is 3.73. The van der Waals surface area contributed by atoms with E-state index in [-0.39, 0.29) is 0 Å². The highest BCUT2D eigenvalue weighted by Crippen LogP contribution is 2.25. The predicted molar refractivity (Wildman–Crippen MR) is 74.0 cm³/mol. The zero-order valence-corrected chi connectivity index (χ0v) is 12.4. The van der Waals surface area contributed by atoms with Gasteiger partial charge >= 0.3 is 0 Å². The molecule has 5 heteroatoms. The molecule has 106 valence electrons. The molecule has 0 atom stereocenters. The molecule has 0 unspecified atom stereocenters. The molecule has 0 aromatic carbocycles. The fourth-order valence-corrected chi connectivity index (χ4v) is 3.99. The second kappa shape index (κ2) is 5.88. The minimum Gasteiger partial charge on any atom is -0.311 e. The van der Waals surface area contributed by atoms with Crippen molar-refractivity contribution in [2.45, 2.75) is 57.5 Å². The lowest BCUT2D eigenvalue weighted by Crippen LogP contribution is -2.48. The van der Waals surface area contributed by atoms with Gasteiger partial charge < -0.3 is 5.32 Å². The Bertz CT molecular complexity index is 353. The first-order valence-corrected chi connectivity index (χ1v) is 9.01. The summed E-state index contributed by atoms with van der Waals surface area (Å²) >= 11 is 0. The van der Waals surface area contributed by atoms with E-state index >= 15 is 0 Å². The van der Waals surface area contributed by atoms with E-state index < -0.39 is 10.0 Å². The first kappa shape index (κ1) is 14.3. The van der Waals surface area contributed by atoms with Crippen molar-refractivity contribution < 1.29 is 8.42 Å². The Labute approximate surface area is 111 Å². The molecule has 0 bridgehead atoms. The van der Waals surface area contributed by atoms with Crippen molar-refractivity contribution in [3.63, 3.8) is 0 Å². The second-order valence-electron chi connectivity index (χ2n) is 6.06. The molecule has 1 aliphatic heterocycles. The summed E-state index contributed by atoms with van der Waals surface area (Å²) in [7, 11) is -2.98. The Morgan fingerprint density at radius 3 is 1.94 bits per heavy atom. The van der Waals surface area contributed by atoms with Crippen molar-refractivity contribution in [3.05, 3.63) is 0 Å². The van der Waals surface area contributed by atoms with Crippen LogP contribution in [-0.4, -0.2) is 44.2 Å². The number of piperidine rings is 1. The smallest absolute Gasteiger partial charge is 0.211 e. The van der Waals surface area contributed by atoms with Gasteiger partial charge in [0, 0.05) is 25.2 Å². The summed E-state index contributed by atoms with van der Waals surface area (Å²) in [5.74, 6) is 0.884. The molecule has 2 aliphatic rings. The SMILES string of the molecule is CC1CCC(NC2CCN(S(C)(=O)=O)CC2)CC1. The quantitative estimate of drug-likeness (QED) is 0.850. The molecule has 4 nitrogen and oxygen atoms in total. The van der Waals surface area contributed by atoms with Crippen LogP contribution in [0.25, 0.3) is 0 Å². The van der Waals surface area contributed by atoms with Gasteiger partial charge in [-0.2, -0.15) is 0 Å². The van der Waals surface area contributed by atoms with Crippen LogP contribution < -0.4 is 5.32 Å². The van der Waals surface area contributed by atoms with Crippen LogP contribution in [0, 0.1) is 5.92 Å². The molecule has 2 rings (SSSR count). The summed E-state index contributed by atoms with van der Waals surface area (Å²) in [4.78, 5) is 0. The summed E-state index contributed by atoms with van der Waals surface area (Å²) in [6.45, 7) is 3.69. The molecule has 1 saturated heterocycles. The first-order chi connectivity index (χ1) is 8.45. The fourth-order valence-electron chi connectivity index (χ4n) is 3.11. The van der Waals surface area contributed by atoms with E-state index in [1.54, 1.807) is 4.31 Å². The van der Waals surface area contributed by atoms with E-state index in [1.807, 2.05) is 0 Å². The van der Waals surface area contributed by atoms with Crippen LogP contribution in [0.15, 0.2) is 0 Å². The molecule has 1 aliphatic carbocycles. The van der Waals surface area contributed by atoms with Crippen molar-refractivity contribution in [2.24, 2.45) is 5.92 Å². The summed E-state index contributed by atoms with van der Waals surface area (Å²) in [5.41, 5.74) is 0. The molecule has 1 N–H and O–H groups in total. The molecular weight excluding hydrogens is 248 g/mol. The number of sulfonamides is 1. The monoisotopic (exact) mass is 274 g/mol. The van der Waals surface area contributed by atoms with Gasteiger partial charge in [-0.15, -0.1) is 0 Å². The standard InChI is InChI=1S/C13H26N2O2S/c1-11-3-5-12(6-4-11)14-13-7-9-15(10-8-13)18(2,16)17/h11-14H,3-10H2,1-2H3. The largest absolute Gasteiger partial charge is 0.311 e. The highest BCUT2D eigenvalue weighted by atomic mass is 32.2. The minimum absolute atomic E-state index is 0.515. The normalized spacial score (nSPS) is 32.6. The van der Waals surface area contributed by atoms with Gasteiger partial charge in [-0.25, -0.2) is 12.7 Å². The molecule has 0 amide bonds. The van der Waals surface area contributed by atoms with Crippen LogP contribution in [0.2, 0.25) is 0 Å². The van der Waals surface area contributed by atoms with Crippen molar-refractivity contribution in [1.29, 1.82) is 0 Å². The third-order valence-corrected chi connectivity index (χ3v) is 5.71. The molecule has 18 heavy (non-hydrogen) atoms. The summed E-state index contributed by atoms with van der Waals surface area (Å²) in [6, 6.07) is 1.18. The fraction of sp³-hybridized carbons (Fsp3) is 1.00. The van der Waals surface area contributed by atoms with Crippen molar-refractivity contribution in [2.75, 3.05) is 19.3 Å². The van der Waals surface area contributed by atoms with Crippen LogP contribution in [0.3, 0.4) is 0 Å². The molecule has 0 spiro atoms. The average Bonchev–Trinajstić information content (AvgIpc) is 2.32. The lowest BCUT2D eigenvalue weighted by molar-refractivity contribution is 0.236. The van der Waals surface area contributed by atoms with Crippen LogP contribution >= 0.6 is 0 Å². The molecule has 0 radical (unpaired) electrons. The molecule has 0 aromatic heterocycles. The lowest BCUT2D eigenvalue weighted by Gasteiger charge is -2.35. The van der Waals surface area contributed by atoms with Gasteiger partial charge in [0.1, 0.15) is 0 Å². The highest BCUT2D eigenvalue weighted by molar-refractivity contribution is 7.88. The van der Waals surface area contributed by atoms with Crippen molar-refractivity contribution in [3.8, 4) is 0 Å². The minimum atomic E-state index is -2.98. The van der Waals surface area contributed by atoms with Crippen LogP contribution in [-0.2, 0) is 10.0 Å². The topological polar surface area (TPSA) is 49.4 Å². The third-order valence-electron chi connectivity index (χ3n) is 4.41. The highest BCUT2D eigenvalue weighted by Gasteiger charge is 2.27. The van der Waals surface area contributed by atoms with Gasteiger partial charge in [0.2, 0.25) is 10.0 Å². The Morgan fingerprint density at radius 2 is 1.44 bits per heavy atom. The van der Waals surface area contributed by atoms with Gasteiger partial charge in [0.15, 0.2) is 0 Å². The predicted octanol–water partition coefficient (Wildman–Crippen LogP) is 1.58. The number of nitrogens with zero attached hydrogens (tertiary/aromatic N) is 1. The summed E-state index contributed by atoms with van der Waals surface area (Å²) in [6.07, 6.45) is 8.46. The van der Waals surface area contributed by atoms with E-state index in [9.17, 15) is 8.42 Å². The van der Waals surface area contributed by atoms with Crippen molar-refractivity contribution in [1.82, 2.24) is 9.62 Å². The maximum Gasteiger partial charge on any atom is 0.211 e. The number of hydrogen-bond acceptors (Lipinski definition) is 3.